The Morgan fingerprint density at radius 2 is 1.82 bits per heavy atom. The molecule has 0 radical (unpaired) electrons. The van der Waals surface area contributed by atoms with Crippen molar-refractivity contribution in [3.63, 3.8) is 0 Å². The van der Waals surface area contributed by atoms with Gasteiger partial charge in [0.15, 0.2) is 0 Å². The van der Waals surface area contributed by atoms with Crippen molar-refractivity contribution in [1.82, 2.24) is 0 Å². The molecule has 4 heteroatoms. The van der Waals surface area contributed by atoms with Gasteiger partial charge in [-0.05, 0) is 32.1 Å². The monoisotopic (exact) mass is 312 g/mol. The molecular weight excluding hydrogens is 280 g/mol. The number of unbranched alkanes of at least 4 members (excludes halogenated alkanes) is 6. The van der Waals surface area contributed by atoms with Crippen molar-refractivity contribution in [2.45, 2.75) is 83.7 Å². The van der Waals surface area contributed by atoms with Gasteiger partial charge in [-0.1, -0.05) is 63.3 Å². The highest BCUT2D eigenvalue weighted by atomic mass is 17.1. The quantitative estimate of drug-likeness (QED) is 0.185. The molecule has 0 aromatic carbocycles. The van der Waals surface area contributed by atoms with Crippen molar-refractivity contribution in [3.8, 4) is 0 Å². The van der Waals surface area contributed by atoms with Gasteiger partial charge in [0.25, 0.3) is 0 Å². The van der Waals surface area contributed by atoms with E-state index < -0.39 is 5.97 Å². The van der Waals surface area contributed by atoms with Gasteiger partial charge >= 0.3 is 5.97 Å². The summed E-state index contributed by atoms with van der Waals surface area (Å²) in [5, 5.41) is 17.4. The molecule has 128 valence electrons. The Bertz CT molecular complexity index is 310. The summed E-state index contributed by atoms with van der Waals surface area (Å²) in [6.45, 7) is 2.20. The maximum Gasteiger partial charge on any atom is 0.303 e. The zero-order valence-corrected chi connectivity index (χ0v) is 13.9. The van der Waals surface area contributed by atoms with Gasteiger partial charge in [-0.3, -0.25) is 10.1 Å². The van der Waals surface area contributed by atoms with Crippen LogP contribution >= 0.6 is 0 Å². The van der Waals surface area contributed by atoms with Gasteiger partial charge in [-0.15, -0.1) is 0 Å². The molecule has 0 aliphatic rings. The molecule has 0 amide bonds. The Kier molecular flexibility index (Phi) is 15.4. The first-order chi connectivity index (χ1) is 10.7. The van der Waals surface area contributed by atoms with Gasteiger partial charge in [-0.25, -0.2) is 4.89 Å². The lowest BCUT2D eigenvalue weighted by Gasteiger charge is -2.08. The van der Waals surface area contributed by atoms with Crippen LogP contribution < -0.4 is 0 Å². The first kappa shape index (κ1) is 20.9. The summed E-state index contributed by atoms with van der Waals surface area (Å²) in [7, 11) is 0. The molecule has 0 aliphatic heterocycles. The predicted octanol–water partition coefficient (Wildman–Crippen LogP) is 5.35. The zero-order valence-electron chi connectivity index (χ0n) is 13.9. The fourth-order valence-electron chi connectivity index (χ4n) is 2.19. The molecule has 1 unspecified atom stereocenters. The van der Waals surface area contributed by atoms with Crippen LogP contribution in [0.1, 0.15) is 77.6 Å². The van der Waals surface area contributed by atoms with Gasteiger partial charge in [0, 0.05) is 6.42 Å². The Hall–Kier alpha value is -1.13. The second-order valence-electron chi connectivity index (χ2n) is 5.62. The van der Waals surface area contributed by atoms with Crippen LogP contribution in [0.4, 0.5) is 0 Å². The number of allylic oxidation sites excluding steroid dienone is 3. The average molecular weight is 312 g/mol. The fourth-order valence-corrected chi connectivity index (χ4v) is 2.19. The lowest BCUT2D eigenvalue weighted by atomic mass is 10.1. The smallest absolute Gasteiger partial charge is 0.303 e. The number of carboxylic acids is 1. The van der Waals surface area contributed by atoms with Gasteiger partial charge in [0.1, 0.15) is 6.10 Å². The van der Waals surface area contributed by atoms with E-state index in [2.05, 4.69) is 24.0 Å². The highest BCUT2D eigenvalue weighted by Crippen LogP contribution is 2.10. The molecule has 0 saturated carbocycles. The van der Waals surface area contributed by atoms with E-state index in [1.54, 1.807) is 0 Å². The van der Waals surface area contributed by atoms with E-state index in [1.165, 1.54) is 19.3 Å². The lowest BCUT2D eigenvalue weighted by Crippen LogP contribution is -2.06. The van der Waals surface area contributed by atoms with Gasteiger partial charge < -0.3 is 5.11 Å². The van der Waals surface area contributed by atoms with E-state index in [4.69, 9.17) is 10.4 Å². The van der Waals surface area contributed by atoms with E-state index in [0.717, 1.165) is 44.9 Å². The van der Waals surface area contributed by atoms with Crippen LogP contribution in [0.15, 0.2) is 24.3 Å². The van der Waals surface area contributed by atoms with Crippen LogP contribution in [0.25, 0.3) is 0 Å². The third-order valence-electron chi connectivity index (χ3n) is 3.53. The summed E-state index contributed by atoms with van der Waals surface area (Å²) in [5.41, 5.74) is 0. The van der Waals surface area contributed by atoms with Gasteiger partial charge in [0.05, 0.1) is 0 Å². The minimum absolute atomic E-state index is 0.240. The standard InChI is InChI=1S/C18H32O4/c1-2-3-4-5-6-7-8-11-14-17(22-21)15-12-9-10-13-16-18(19)20/h6-7,11,14,17,21H,2-5,8-10,12-13,15-16H2,1H3,(H,19,20)/b7-6-,14-11-. The van der Waals surface area contributed by atoms with Crippen molar-refractivity contribution >= 4 is 5.97 Å². The molecule has 0 aliphatic carbocycles. The molecular formula is C18H32O4. The summed E-state index contributed by atoms with van der Waals surface area (Å²) in [6, 6.07) is 0. The number of rotatable bonds is 15. The van der Waals surface area contributed by atoms with Crippen LogP contribution in [0, 0.1) is 0 Å². The number of hydrogen-bond donors (Lipinski definition) is 2. The Morgan fingerprint density at radius 1 is 1.05 bits per heavy atom. The van der Waals surface area contributed by atoms with E-state index in [0.29, 0.717) is 0 Å². The maximum atomic E-state index is 10.4. The molecule has 22 heavy (non-hydrogen) atoms. The normalized spacial score (nSPS) is 13.2. The minimum Gasteiger partial charge on any atom is -0.481 e. The van der Waals surface area contributed by atoms with Crippen molar-refractivity contribution < 1.29 is 20.0 Å². The molecule has 0 fully saturated rings. The molecule has 0 rings (SSSR count). The first-order valence-electron chi connectivity index (χ1n) is 8.54. The van der Waals surface area contributed by atoms with Crippen molar-refractivity contribution in [2.75, 3.05) is 0 Å². The highest BCUT2D eigenvalue weighted by Gasteiger charge is 2.04. The van der Waals surface area contributed by atoms with Crippen molar-refractivity contribution in [2.24, 2.45) is 0 Å². The summed E-state index contributed by atoms with van der Waals surface area (Å²) in [6.07, 6.45) is 18.3. The molecule has 0 aromatic rings. The maximum absolute atomic E-state index is 10.4. The molecule has 1 atom stereocenters. The largest absolute Gasteiger partial charge is 0.481 e. The van der Waals surface area contributed by atoms with E-state index in [9.17, 15) is 4.79 Å². The summed E-state index contributed by atoms with van der Waals surface area (Å²) >= 11 is 0. The second kappa shape index (κ2) is 16.2. The second-order valence-corrected chi connectivity index (χ2v) is 5.62. The topological polar surface area (TPSA) is 66.8 Å². The highest BCUT2D eigenvalue weighted by molar-refractivity contribution is 5.66. The summed E-state index contributed by atoms with van der Waals surface area (Å²) in [5.74, 6) is -0.734. The SMILES string of the molecule is CCCCC/C=C\C/C=C\C(CCCCCCC(=O)O)OO. The number of aliphatic carboxylic acids is 1. The Balaban J connectivity index is 3.60. The van der Waals surface area contributed by atoms with E-state index in [-0.39, 0.29) is 12.5 Å². The average Bonchev–Trinajstić information content (AvgIpc) is 2.50. The predicted molar refractivity (Wildman–Crippen MR) is 89.9 cm³/mol. The molecule has 0 aromatic heterocycles. The fraction of sp³-hybridized carbons (Fsp3) is 0.722. The van der Waals surface area contributed by atoms with Crippen LogP contribution in [-0.2, 0) is 9.68 Å². The third-order valence-corrected chi connectivity index (χ3v) is 3.53. The van der Waals surface area contributed by atoms with Crippen LogP contribution in [0.2, 0.25) is 0 Å². The molecule has 0 spiro atoms. The summed E-state index contributed by atoms with van der Waals surface area (Å²) in [4.78, 5) is 14.8. The minimum atomic E-state index is -0.734. The Labute approximate surface area is 134 Å². The number of carbonyl (C=O) groups is 1. The lowest BCUT2D eigenvalue weighted by molar-refractivity contribution is -0.267. The van der Waals surface area contributed by atoms with Crippen molar-refractivity contribution in [1.29, 1.82) is 0 Å². The molecule has 0 heterocycles. The Morgan fingerprint density at radius 3 is 2.50 bits per heavy atom. The van der Waals surface area contributed by atoms with Crippen molar-refractivity contribution in [3.05, 3.63) is 24.3 Å². The molecule has 2 N–H and O–H groups in total. The third kappa shape index (κ3) is 15.3. The van der Waals surface area contributed by atoms with Crippen LogP contribution in [0.3, 0.4) is 0 Å². The first-order valence-corrected chi connectivity index (χ1v) is 8.54. The van der Waals surface area contributed by atoms with Gasteiger partial charge in [0.2, 0.25) is 0 Å². The van der Waals surface area contributed by atoms with Gasteiger partial charge in [-0.2, -0.15) is 0 Å². The summed E-state index contributed by atoms with van der Waals surface area (Å²) < 4.78 is 0. The molecule has 4 nitrogen and oxygen atoms in total. The van der Waals surface area contributed by atoms with Crippen LogP contribution in [0.5, 0.6) is 0 Å². The van der Waals surface area contributed by atoms with E-state index >= 15 is 0 Å². The van der Waals surface area contributed by atoms with Crippen LogP contribution in [-0.4, -0.2) is 22.4 Å². The van der Waals surface area contributed by atoms with E-state index in [1.807, 2.05) is 12.2 Å². The molecule has 0 saturated heterocycles. The molecule has 0 bridgehead atoms. The number of hydrogen-bond acceptors (Lipinski definition) is 3. The zero-order chi connectivity index (χ0) is 16.5. The number of carboxylic acid groups (broad SMARTS) is 1.